The van der Waals surface area contributed by atoms with Crippen LogP contribution in [0, 0.1) is 18.8 Å². The molecule has 1 fully saturated rings. The molecule has 0 aliphatic heterocycles. The van der Waals surface area contributed by atoms with Crippen LogP contribution in [0.4, 0.5) is 0 Å². The van der Waals surface area contributed by atoms with Gasteiger partial charge in [0.2, 0.25) is 0 Å². The van der Waals surface area contributed by atoms with Gasteiger partial charge in [0.1, 0.15) is 5.75 Å². The average Bonchev–Trinajstić information content (AvgIpc) is 2.32. The topological polar surface area (TPSA) is 35.2 Å². The highest BCUT2D eigenvalue weighted by Crippen LogP contribution is 2.35. The summed E-state index contributed by atoms with van der Waals surface area (Å²) in [6.07, 6.45) is 4.89. The third-order valence-corrected chi connectivity index (χ3v) is 4.61. The predicted molar refractivity (Wildman–Crippen MR) is 88.2 cm³/mol. The molecule has 2 atom stereocenters. The number of aryl methyl sites for hydroxylation is 1. The molecule has 2 nitrogen and oxygen atoms in total. The summed E-state index contributed by atoms with van der Waals surface area (Å²) in [5.74, 6) is 2.58. The Hall–Kier alpha value is -0.540. The van der Waals surface area contributed by atoms with Crippen LogP contribution in [0.15, 0.2) is 16.6 Å². The third-order valence-electron chi connectivity index (χ3n) is 4.15. The van der Waals surface area contributed by atoms with Crippen molar-refractivity contribution in [2.75, 3.05) is 6.54 Å². The van der Waals surface area contributed by atoms with Gasteiger partial charge in [-0.15, -0.1) is 0 Å². The Labute approximate surface area is 131 Å². The standard InChI is InChI=1S/C17H26BrNO/c1-11-6-12(2)8-16(7-11)20-17-13(3)9-15(18)10-14(17)4-5-19/h9-12,16H,4-8,19H2,1-3H3. The zero-order valence-electron chi connectivity index (χ0n) is 12.8. The van der Waals surface area contributed by atoms with E-state index in [4.69, 9.17) is 10.5 Å². The van der Waals surface area contributed by atoms with Gasteiger partial charge in [0, 0.05) is 4.47 Å². The maximum Gasteiger partial charge on any atom is 0.125 e. The van der Waals surface area contributed by atoms with Gasteiger partial charge in [0.05, 0.1) is 6.10 Å². The summed E-state index contributed by atoms with van der Waals surface area (Å²) in [6.45, 7) is 7.45. The summed E-state index contributed by atoms with van der Waals surface area (Å²) in [5.41, 5.74) is 8.17. The van der Waals surface area contributed by atoms with E-state index in [1.807, 2.05) is 0 Å². The van der Waals surface area contributed by atoms with E-state index < -0.39 is 0 Å². The van der Waals surface area contributed by atoms with Crippen molar-refractivity contribution >= 4 is 15.9 Å². The Morgan fingerprint density at radius 3 is 2.45 bits per heavy atom. The van der Waals surface area contributed by atoms with E-state index in [0.717, 1.165) is 28.5 Å². The lowest BCUT2D eigenvalue weighted by molar-refractivity contribution is 0.0994. The van der Waals surface area contributed by atoms with E-state index >= 15 is 0 Å². The van der Waals surface area contributed by atoms with Gasteiger partial charge in [-0.2, -0.15) is 0 Å². The van der Waals surface area contributed by atoms with Crippen LogP contribution in [0.5, 0.6) is 5.75 Å². The average molecular weight is 340 g/mol. The first-order valence-corrected chi connectivity index (χ1v) is 8.44. The van der Waals surface area contributed by atoms with Crippen molar-refractivity contribution in [2.45, 2.75) is 52.6 Å². The summed E-state index contributed by atoms with van der Waals surface area (Å²) in [4.78, 5) is 0. The minimum atomic E-state index is 0.352. The van der Waals surface area contributed by atoms with Gasteiger partial charge >= 0.3 is 0 Å². The molecule has 1 saturated carbocycles. The highest BCUT2D eigenvalue weighted by molar-refractivity contribution is 9.10. The van der Waals surface area contributed by atoms with E-state index in [-0.39, 0.29) is 0 Å². The maximum atomic E-state index is 6.39. The fourth-order valence-electron chi connectivity index (χ4n) is 3.45. The summed E-state index contributed by atoms with van der Waals surface area (Å²) < 4.78 is 7.50. The van der Waals surface area contributed by atoms with Crippen LogP contribution >= 0.6 is 15.9 Å². The molecule has 2 unspecified atom stereocenters. The van der Waals surface area contributed by atoms with Gasteiger partial charge in [-0.05, 0) is 74.2 Å². The van der Waals surface area contributed by atoms with Crippen molar-refractivity contribution in [1.29, 1.82) is 0 Å². The molecule has 1 aliphatic carbocycles. The van der Waals surface area contributed by atoms with Crippen molar-refractivity contribution in [3.63, 3.8) is 0 Å². The normalized spacial score (nSPS) is 26.6. The van der Waals surface area contributed by atoms with Gasteiger partial charge in [-0.3, -0.25) is 0 Å². The van der Waals surface area contributed by atoms with Gasteiger partial charge in [-0.25, -0.2) is 0 Å². The molecule has 0 saturated heterocycles. The van der Waals surface area contributed by atoms with Crippen LogP contribution in [0.3, 0.4) is 0 Å². The Morgan fingerprint density at radius 2 is 1.85 bits per heavy atom. The minimum Gasteiger partial charge on any atom is -0.490 e. The molecule has 2 N–H and O–H groups in total. The van der Waals surface area contributed by atoms with Crippen LogP contribution in [0.2, 0.25) is 0 Å². The van der Waals surface area contributed by atoms with Crippen molar-refractivity contribution in [3.05, 3.63) is 27.7 Å². The molecule has 1 aromatic rings. The van der Waals surface area contributed by atoms with E-state index in [1.165, 1.54) is 30.4 Å². The van der Waals surface area contributed by atoms with Crippen LogP contribution in [0.1, 0.15) is 44.2 Å². The Balaban J connectivity index is 2.19. The van der Waals surface area contributed by atoms with Gasteiger partial charge < -0.3 is 10.5 Å². The summed E-state index contributed by atoms with van der Waals surface area (Å²) in [5, 5.41) is 0. The quantitative estimate of drug-likeness (QED) is 0.878. The molecule has 0 amide bonds. The molecule has 0 heterocycles. The Morgan fingerprint density at radius 1 is 1.20 bits per heavy atom. The van der Waals surface area contributed by atoms with Crippen molar-refractivity contribution < 1.29 is 4.74 Å². The van der Waals surface area contributed by atoms with Crippen molar-refractivity contribution in [3.8, 4) is 5.75 Å². The maximum absolute atomic E-state index is 6.39. The van der Waals surface area contributed by atoms with Crippen LogP contribution in [-0.2, 0) is 6.42 Å². The monoisotopic (exact) mass is 339 g/mol. The molecule has 0 bridgehead atoms. The molecule has 0 aromatic heterocycles. The number of hydrogen-bond donors (Lipinski definition) is 1. The zero-order chi connectivity index (χ0) is 14.7. The van der Waals surface area contributed by atoms with Gasteiger partial charge in [0.15, 0.2) is 0 Å². The lowest BCUT2D eigenvalue weighted by atomic mass is 9.81. The number of halogens is 1. The molecule has 0 spiro atoms. The Kier molecular flexibility index (Phi) is 5.50. The van der Waals surface area contributed by atoms with Gasteiger partial charge in [-0.1, -0.05) is 29.8 Å². The first-order valence-electron chi connectivity index (χ1n) is 7.65. The molecule has 3 heteroatoms. The number of hydrogen-bond acceptors (Lipinski definition) is 2. The van der Waals surface area contributed by atoms with E-state index in [0.29, 0.717) is 12.6 Å². The lowest BCUT2D eigenvalue weighted by Gasteiger charge is -2.32. The second-order valence-corrected chi connectivity index (χ2v) is 7.32. The molecular formula is C17H26BrNO. The van der Waals surface area contributed by atoms with Crippen molar-refractivity contribution in [1.82, 2.24) is 0 Å². The van der Waals surface area contributed by atoms with E-state index in [9.17, 15) is 0 Å². The lowest BCUT2D eigenvalue weighted by Crippen LogP contribution is -2.29. The number of ether oxygens (including phenoxy) is 1. The molecule has 0 radical (unpaired) electrons. The first-order chi connectivity index (χ1) is 9.49. The van der Waals surface area contributed by atoms with Gasteiger partial charge in [0.25, 0.3) is 0 Å². The second-order valence-electron chi connectivity index (χ2n) is 6.41. The summed E-state index contributed by atoms with van der Waals surface area (Å²) >= 11 is 3.57. The fraction of sp³-hybridized carbons (Fsp3) is 0.647. The van der Waals surface area contributed by atoms with Crippen LogP contribution < -0.4 is 10.5 Å². The molecule has 1 aliphatic rings. The largest absolute Gasteiger partial charge is 0.490 e. The van der Waals surface area contributed by atoms with Crippen molar-refractivity contribution in [2.24, 2.45) is 17.6 Å². The highest BCUT2D eigenvalue weighted by Gasteiger charge is 2.26. The first kappa shape index (κ1) is 15.8. The molecular weight excluding hydrogens is 314 g/mol. The smallest absolute Gasteiger partial charge is 0.125 e. The second kappa shape index (κ2) is 6.95. The summed E-state index contributed by atoms with van der Waals surface area (Å²) in [7, 11) is 0. The van der Waals surface area contributed by atoms with E-state index in [2.05, 4.69) is 48.8 Å². The van der Waals surface area contributed by atoms with E-state index in [1.54, 1.807) is 0 Å². The molecule has 1 aromatic carbocycles. The molecule has 2 rings (SSSR count). The summed E-state index contributed by atoms with van der Waals surface area (Å²) in [6, 6.07) is 4.27. The zero-order valence-corrected chi connectivity index (χ0v) is 14.4. The number of rotatable bonds is 4. The highest BCUT2D eigenvalue weighted by atomic mass is 79.9. The SMILES string of the molecule is Cc1cc(Br)cc(CCN)c1OC1CC(C)CC(C)C1. The van der Waals surface area contributed by atoms with Crippen LogP contribution in [0.25, 0.3) is 0 Å². The third kappa shape index (κ3) is 3.98. The molecule has 20 heavy (non-hydrogen) atoms. The van der Waals surface area contributed by atoms with Crippen LogP contribution in [-0.4, -0.2) is 12.6 Å². The Bertz CT molecular complexity index is 451. The predicted octanol–water partition coefficient (Wildman–Crippen LogP) is 4.46. The number of nitrogens with two attached hydrogens (primary N) is 1. The fourth-order valence-corrected chi connectivity index (χ4v) is 4.06. The molecule has 112 valence electrons. The number of benzene rings is 1. The minimum absolute atomic E-state index is 0.352.